The van der Waals surface area contributed by atoms with Gasteiger partial charge in [-0.3, -0.25) is 0 Å². The summed E-state index contributed by atoms with van der Waals surface area (Å²) < 4.78 is 10.8. The Bertz CT molecular complexity index is 308. The van der Waals surface area contributed by atoms with Gasteiger partial charge in [-0.25, -0.2) is 0 Å². The number of nitrogens with one attached hydrogen (secondary N) is 1. The molecule has 0 spiro atoms. The van der Waals surface area contributed by atoms with Crippen LogP contribution in [0.1, 0.15) is 5.56 Å². The van der Waals surface area contributed by atoms with E-state index in [2.05, 4.69) is 17.4 Å². The van der Waals surface area contributed by atoms with Gasteiger partial charge in [-0.2, -0.15) is 0 Å². The van der Waals surface area contributed by atoms with Gasteiger partial charge in [-0.15, -0.1) is 0 Å². The molecule has 1 N–H and O–H groups in total. The molecule has 1 saturated heterocycles. The van der Waals surface area contributed by atoms with Crippen molar-refractivity contribution >= 4 is 0 Å². The monoisotopic (exact) mass is 207 g/mol. The quantitative estimate of drug-likeness (QED) is 0.808. The van der Waals surface area contributed by atoms with E-state index in [0.29, 0.717) is 6.10 Å². The topological polar surface area (TPSA) is 30.5 Å². The van der Waals surface area contributed by atoms with Crippen molar-refractivity contribution in [3.05, 3.63) is 29.8 Å². The minimum Gasteiger partial charge on any atom is -0.497 e. The molecule has 1 heterocycles. The average Bonchev–Trinajstić information content (AvgIpc) is 2.31. The lowest BCUT2D eigenvalue weighted by atomic mass is 10.1. The number of benzene rings is 1. The van der Waals surface area contributed by atoms with Crippen LogP contribution in [0.2, 0.25) is 0 Å². The molecular formula is C12H17NO2. The largest absolute Gasteiger partial charge is 0.497 e. The standard InChI is InChI=1S/C12H17NO2/c1-14-11-4-2-3-10(7-11)8-12-9-13-5-6-15-12/h2-4,7,12-13H,5-6,8-9H2,1H3. The minimum atomic E-state index is 0.297. The van der Waals surface area contributed by atoms with Gasteiger partial charge in [0, 0.05) is 19.5 Å². The fraction of sp³-hybridized carbons (Fsp3) is 0.500. The summed E-state index contributed by atoms with van der Waals surface area (Å²) in [5, 5.41) is 3.33. The van der Waals surface area contributed by atoms with Crippen molar-refractivity contribution in [1.82, 2.24) is 5.32 Å². The van der Waals surface area contributed by atoms with Crippen molar-refractivity contribution in [3.63, 3.8) is 0 Å². The van der Waals surface area contributed by atoms with Crippen LogP contribution in [0, 0.1) is 0 Å². The Balaban J connectivity index is 1.96. The highest BCUT2D eigenvalue weighted by Gasteiger charge is 2.13. The first-order chi connectivity index (χ1) is 7.38. The summed E-state index contributed by atoms with van der Waals surface area (Å²) in [5.74, 6) is 0.913. The lowest BCUT2D eigenvalue weighted by Gasteiger charge is -2.23. The SMILES string of the molecule is COc1cccc(CC2CNCCO2)c1. The normalized spacial score (nSPS) is 21.3. The Labute approximate surface area is 90.4 Å². The second-order valence-corrected chi connectivity index (χ2v) is 3.75. The Hall–Kier alpha value is -1.06. The highest BCUT2D eigenvalue weighted by atomic mass is 16.5. The average molecular weight is 207 g/mol. The molecule has 15 heavy (non-hydrogen) atoms. The van der Waals surface area contributed by atoms with Gasteiger partial charge >= 0.3 is 0 Å². The Kier molecular flexibility index (Phi) is 3.59. The third kappa shape index (κ3) is 2.94. The summed E-state index contributed by atoms with van der Waals surface area (Å²) in [6.45, 7) is 2.72. The van der Waals surface area contributed by atoms with Crippen LogP contribution in [-0.2, 0) is 11.2 Å². The van der Waals surface area contributed by atoms with Crippen molar-refractivity contribution in [2.24, 2.45) is 0 Å². The lowest BCUT2D eigenvalue weighted by Crippen LogP contribution is -2.39. The van der Waals surface area contributed by atoms with Gasteiger partial charge in [0.05, 0.1) is 19.8 Å². The predicted molar refractivity (Wildman–Crippen MR) is 59.3 cm³/mol. The first-order valence-corrected chi connectivity index (χ1v) is 5.34. The highest BCUT2D eigenvalue weighted by molar-refractivity contribution is 5.28. The number of hydrogen-bond acceptors (Lipinski definition) is 3. The molecule has 82 valence electrons. The molecule has 0 aliphatic carbocycles. The van der Waals surface area contributed by atoms with E-state index in [-0.39, 0.29) is 0 Å². The smallest absolute Gasteiger partial charge is 0.119 e. The van der Waals surface area contributed by atoms with Gasteiger partial charge in [0.15, 0.2) is 0 Å². The number of morpholine rings is 1. The van der Waals surface area contributed by atoms with Gasteiger partial charge in [0.1, 0.15) is 5.75 Å². The fourth-order valence-corrected chi connectivity index (χ4v) is 1.81. The summed E-state index contributed by atoms with van der Waals surface area (Å²) >= 11 is 0. The van der Waals surface area contributed by atoms with E-state index in [1.165, 1.54) is 5.56 Å². The van der Waals surface area contributed by atoms with Crippen molar-refractivity contribution in [1.29, 1.82) is 0 Å². The van der Waals surface area contributed by atoms with Crippen molar-refractivity contribution in [3.8, 4) is 5.75 Å². The molecule has 1 atom stereocenters. The van der Waals surface area contributed by atoms with Gasteiger partial charge in [-0.1, -0.05) is 12.1 Å². The molecule has 3 nitrogen and oxygen atoms in total. The molecule has 1 unspecified atom stereocenters. The van der Waals surface area contributed by atoms with E-state index >= 15 is 0 Å². The summed E-state index contributed by atoms with van der Waals surface area (Å²) in [6, 6.07) is 8.16. The number of rotatable bonds is 3. The van der Waals surface area contributed by atoms with Gasteiger partial charge in [0.25, 0.3) is 0 Å². The van der Waals surface area contributed by atoms with Crippen LogP contribution in [-0.4, -0.2) is 32.9 Å². The van der Waals surface area contributed by atoms with E-state index in [1.54, 1.807) is 7.11 Å². The van der Waals surface area contributed by atoms with Crippen LogP contribution in [0.25, 0.3) is 0 Å². The molecule has 3 heteroatoms. The first kappa shape index (κ1) is 10.5. The molecule has 1 aromatic carbocycles. The van der Waals surface area contributed by atoms with Gasteiger partial charge in [-0.05, 0) is 17.7 Å². The van der Waals surface area contributed by atoms with Crippen LogP contribution in [0.3, 0.4) is 0 Å². The van der Waals surface area contributed by atoms with Crippen LogP contribution in [0.5, 0.6) is 5.75 Å². The molecule has 1 aliphatic heterocycles. The Morgan fingerprint density at radius 2 is 2.47 bits per heavy atom. The molecule has 1 fully saturated rings. The maximum absolute atomic E-state index is 5.65. The summed E-state index contributed by atoms with van der Waals surface area (Å²) in [7, 11) is 1.69. The molecule has 0 aromatic heterocycles. The van der Waals surface area contributed by atoms with E-state index in [4.69, 9.17) is 9.47 Å². The second kappa shape index (κ2) is 5.14. The molecule has 0 bridgehead atoms. The third-order valence-corrected chi connectivity index (χ3v) is 2.60. The Morgan fingerprint density at radius 3 is 3.20 bits per heavy atom. The molecule has 0 amide bonds. The van der Waals surface area contributed by atoms with Gasteiger partial charge in [0.2, 0.25) is 0 Å². The molecular weight excluding hydrogens is 190 g/mol. The van der Waals surface area contributed by atoms with Crippen LogP contribution in [0.4, 0.5) is 0 Å². The van der Waals surface area contributed by atoms with E-state index < -0.39 is 0 Å². The minimum absolute atomic E-state index is 0.297. The third-order valence-electron chi connectivity index (χ3n) is 2.60. The number of hydrogen-bond donors (Lipinski definition) is 1. The van der Waals surface area contributed by atoms with E-state index in [0.717, 1.165) is 31.9 Å². The fourth-order valence-electron chi connectivity index (χ4n) is 1.81. The molecule has 0 radical (unpaired) electrons. The van der Waals surface area contributed by atoms with Crippen LogP contribution < -0.4 is 10.1 Å². The summed E-state index contributed by atoms with van der Waals surface area (Å²) in [5.41, 5.74) is 1.27. The predicted octanol–water partition coefficient (Wildman–Crippen LogP) is 1.23. The maximum Gasteiger partial charge on any atom is 0.119 e. The van der Waals surface area contributed by atoms with Crippen molar-refractivity contribution in [2.75, 3.05) is 26.8 Å². The lowest BCUT2D eigenvalue weighted by molar-refractivity contribution is 0.0292. The van der Waals surface area contributed by atoms with E-state index in [1.807, 2.05) is 12.1 Å². The molecule has 0 saturated carbocycles. The molecule has 2 rings (SSSR count). The molecule has 1 aromatic rings. The van der Waals surface area contributed by atoms with Gasteiger partial charge < -0.3 is 14.8 Å². The Morgan fingerprint density at radius 1 is 1.53 bits per heavy atom. The van der Waals surface area contributed by atoms with Crippen LogP contribution >= 0.6 is 0 Å². The molecule has 1 aliphatic rings. The number of ether oxygens (including phenoxy) is 2. The maximum atomic E-state index is 5.65. The highest BCUT2D eigenvalue weighted by Crippen LogP contribution is 2.15. The zero-order valence-electron chi connectivity index (χ0n) is 9.03. The zero-order valence-corrected chi connectivity index (χ0v) is 9.03. The first-order valence-electron chi connectivity index (χ1n) is 5.34. The number of methoxy groups -OCH3 is 1. The van der Waals surface area contributed by atoms with Crippen LogP contribution in [0.15, 0.2) is 24.3 Å². The summed E-state index contributed by atoms with van der Waals surface area (Å²) in [6.07, 6.45) is 1.25. The van der Waals surface area contributed by atoms with Crippen molar-refractivity contribution in [2.45, 2.75) is 12.5 Å². The van der Waals surface area contributed by atoms with E-state index in [9.17, 15) is 0 Å². The van der Waals surface area contributed by atoms with Crippen molar-refractivity contribution < 1.29 is 9.47 Å². The second-order valence-electron chi connectivity index (χ2n) is 3.75. The zero-order chi connectivity index (χ0) is 10.5. The summed E-state index contributed by atoms with van der Waals surface area (Å²) in [4.78, 5) is 0.